The van der Waals surface area contributed by atoms with Crippen molar-refractivity contribution < 1.29 is 4.39 Å². The highest BCUT2D eigenvalue weighted by Gasteiger charge is 2.12. The van der Waals surface area contributed by atoms with Crippen LogP contribution in [-0.4, -0.2) is 9.78 Å². The number of nitrogens with zero attached hydrogens (tertiary/aromatic N) is 2. The maximum Gasteiger partial charge on any atom is 0.127 e. The second kappa shape index (κ2) is 5.66. The Bertz CT molecular complexity index is 764. The van der Waals surface area contributed by atoms with Crippen LogP contribution < -0.4 is 5.32 Å². The molecule has 0 aliphatic heterocycles. The van der Waals surface area contributed by atoms with Gasteiger partial charge in [0.2, 0.25) is 0 Å². The zero-order valence-corrected chi connectivity index (χ0v) is 12.2. The maximum atomic E-state index is 13.8. The lowest BCUT2D eigenvalue weighted by molar-refractivity contribution is 0.523. The van der Waals surface area contributed by atoms with Crippen molar-refractivity contribution in [1.82, 2.24) is 15.1 Å². The van der Waals surface area contributed by atoms with Gasteiger partial charge >= 0.3 is 0 Å². The summed E-state index contributed by atoms with van der Waals surface area (Å²) >= 11 is 0. The van der Waals surface area contributed by atoms with Gasteiger partial charge in [-0.3, -0.25) is 4.68 Å². The summed E-state index contributed by atoms with van der Waals surface area (Å²) in [7, 11) is 1.94. The quantitative estimate of drug-likeness (QED) is 0.793. The molecular weight excluding hydrogens is 265 g/mol. The van der Waals surface area contributed by atoms with E-state index < -0.39 is 0 Å². The van der Waals surface area contributed by atoms with E-state index in [4.69, 9.17) is 0 Å². The number of benzene rings is 2. The Labute approximate surface area is 123 Å². The summed E-state index contributed by atoms with van der Waals surface area (Å²) in [5, 5.41) is 9.02. The molecule has 3 nitrogen and oxygen atoms in total. The third-order valence-electron chi connectivity index (χ3n) is 3.78. The highest BCUT2D eigenvalue weighted by molar-refractivity contribution is 5.81. The Morgan fingerprint density at radius 3 is 2.67 bits per heavy atom. The van der Waals surface area contributed by atoms with Crippen LogP contribution in [0.2, 0.25) is 0 Å². The monoisotopic (exact) mass is 283 g/mol. The fraction of sp³-hybridized carbons (Fsp3) is 0.235. The predicted molar refractivity (Wildman–Crippen MR) is 82.4 cm³/mol. The van der Waals surface area contributed by atoms with Crippen molar-refractivity contribution in [1.29, 1.82) is 0 Å². The van der Waals surface area contributed by atoms with Crippen molar-refractivity contribution in [2.75, 3.05) is 0 Å². The van der Waals surface area contributed by atoms with Gasteiger partial charge in [-0.05, 0) is 19.1 Å². The van der Waals surface area contributed by atoms with Crippen molar-refractivity contribution in [3.8, 4) is 0 Å². The SMILES string of the molecule is C[C@@H](NCc1nn(C)c2ccccc12)c1ccccc1F. The van der Waals surface area contributed by atoms with Gasteiger partial charge in [-0.1, -0.05) is 36.4 Å². The second-order valence-electron chi connectivity index (χ2n) is 5.21. The fourth-order valence-electron chi connectivity index (χ4n) is 2.61. The Kier molecular flexibility index (Phi) is 3.71. The molecule has 0 saturated carbocycles. The number of halogens is 1. The summed E-state index contributed by atoms with van der Waals surface area (Å²) in [4.78, 5) is 0. The van der Waals surface area contributed by atoms with Crippen LogP contribution in [0.4, 0.5) is 4.39 Å². The van der Waals surface area contributed by atoms with Crippen molar-refractivity contribution in [3.63, 3.8) is 0 Å². The number of rotatable bonds is 4. The van der Waals surface area contributed by atoms with E-state index in [2.05, 4.69) is 16.5 Å². The average molecular weight is 283 g/mol. The Morgan fingerprint density at radius 2 is 1.86 bits per heavy atom. The van der Waals surface area contributed by atoms with Gasteiger partial charge in [-0.2, -0.15) is 5.10 Å². The molecule has 0 spiro atoms. The van der Waals surface area contributed by atoms with Gasteiger partial charge in [-0.15, -0.1) is 0 Å². The summed E-state index contributed by atoms with van der Waals surface area (Å²) in [6.45, 7) is 2.57. The summed E-state index contributed by atoms with van der Waals surface area (Å²) in [5.41, 5.74) is 2.77. The number of nitrogens with one attached hydrogen (secondary N) is 1. The molecule has 0 amide bonds. The van der Waals surface area contributed by atoms with E-state index in [0.717, 1.165) is 16.6 Å². The number of aryl methyl sites for hydroxylation is 1. The molecule has 0 aliphatic rings. The lowest BCUT2D eigenvalue weighted by Crippen LogP contribution is -2.19. The van der Waals surface area contributed by atoms with Crippen molar-refractivity contribution in [2.24, 2.45) is 7.05 Å². The molecule has 0 fully saturated rings. The highest BCUT2D eigenvalue weighted by atomic mass is 19.1. The molecule has 1 atom stereocenters. The summed E-state index contributed by atoms with van der Waals surface area (Å²) in [6, 6.07) is 14.9. The first-order chi connectivity index (χ1) is 10.2. The molecule has 1 N–H and O–H groups in total. The van der Waals surface area contributed by atoms with E-state index in [0.29, 0.717) is 12.1 Å². The number of aromatic nitrogens is 2. The van der Waals surface area contributed by atoms with Crippen LogP contribution in [0.5, 0.6) is 0 Å². The zero-order valence-electron chi connectivity index (χ0n) is 12.2. The van der Waals surface area contributed by atoms with E-state index in [1.807, 2.05) is 49.0 Å². The Morgan fingerprint density at radius 1 is 1.14 bits per heavy atom. The predicted octanol–water partition coefficient (Wildman–Crippen LogP) is 3.56. The lowest BCUT2D eigenvalue weighted by Gasteiger charge is -2.14. The molecule has 108 valence electrons. The molecule has 0 saturated heterocycles. The first-order valence-electron chi connectivity index (χ1n) is 7.05. The molecular formula is C17H18FN3. The van der Waals surface area contributed by atoms with Gasteiger partial charge in [-0.25, -0.2) is 4.39 Å². The lowest BCUT2D eigenvalue weighted by atomic mass is 10.1. The van der Waals surface area contributed by atoms with Gasteiger partial charge < -0.3 is 5.32 Å². The Hall–Kier alpha value is -2.20. The van der Waals surface area contributed by atoms with E-state index in [1.54, 1.807) is 6.07 Å². The van der Waals surface area contributed by atoms with Crippen molar-refractivity contribution in [3.05, 3.63) is 65.6 Å². The molecule has 1 heterocycles. The smallest absolute Gasteiger partial charge is 0.127 e. The zero-order chi connectivity index (χ0) is 14.8. The molecule has 21 heavy (non-hydrogen) atoms. The minimum Gasteiger partial charge on any atom is -0.304 e. The Balaban J connectivity index is 1.79. The van der Waals surface area contributed by atoms with Crippen LogP contribution in [0.1, 0.15) is 24.2 Å². The van der Waals surface area contributed by atoms with Crippen LogP contribution >= 0.6 is 0 Å². The van der Waals surface area contributed by atoms with Gasteiger partial charge in [0.05, 0.1) is 11.2 Å². The van der Waals surface area contributed by atoms with Crippen LogP contribution in [0, 0.1) is 5.82 Å². The summed E-state index contributed by atoms with van der Waals surface area (Å²) < 4.78 is 15.6. The van der Waals surface area contributed by atoms with Crippen LogP contribution in [-0.2, 0) is 13.6 Å². The largest absolute Gasteiger partial charge is 0.304 e. The molecule has 0 unspecified atom stereocenters. The van der Waals surface area contributed by atoms with E-state index in [9.17, 15) is 4.39 Å². The summed E-state index contributed by atoms with van der Waals surface area (Å²) in [5.74, 6) is -0.177. The van der Waals surface area contributed by atoms with Gasteiger partial charge in [0.1, 0.15) is 5.82 Å². The molecule has 0 bridgehead atoms. The van der Waals surface area contributed by atoms with Crippen molar-refractivity contribution in [2.45, 2.75) is 19.5 Å². The number of hydrogen-bond acceptors (Lipinski definition) is 2. The van der Waals surface area contributed by atoms with E-state index in [-0.39, 0.29) is 11.9 Å². The first kappa shape index (κ1) is 13.8. The third kappa shape index (κ3) is 2.67. The second-order valence-corrected chi connectivity index (χ2v) is 5.21. The summed E-state index contributed by atoms with van der Waals surface area (Å²) in [6.07, 6.45) is 0. The third-order valence-corrected chi connectivity index (χ3v) is 3.78. The molecule has 3 rings (SSSR count). The molecule has 0 radical (unpaired) electrons. The average Bonchev–Trinajstić information content (AvgIpc) is 2.82. The minimum atomic E-state index is -0.177. The molecule has 3 aromatic rings. The highest BCUT2D eigenvalue weighted by Crippen LogP contribution is 2.20. The number of para-hydroxylation sites is 1. The van der Waals surface area contributed by atoms with Gasteiger partial charge in [0.15, 0.2) is 0 Å². The standard InChI is InChI=1S/C17H18FN3/c1-12(13-7-3-5-9-15(13)18)19-11-16-14-8-4-6-10-17(14)21(2)20-16/h3-10,12,19H,11H2,1-2H3/t12-/m1/s1. The van der Waals surface area contributed by atoms with Crippen LogP contribution in [0.25, 0.3) is 10.9 Å². The van der Waals surface area contributed by atoms with Crippen LogP contribution in [0.3, 0.4) is 0 Å². The topological polar surface area (TPSA) is 29.9 Å². The van der Waals surface area contributed by atoms with Gasteiger partial charge in [0.25, 0.3) is 0 Å². The normalized spacial score (nSPS) is 12.7. The van der Waals surface area contributed by atoms with Gasteiger partial charge in [0, 0.05) is 30.6 Å². The molecule has 0 aliphatic carbocycles. The first-order valence-corrected chi connectivity index (χ1v) is 7.05. The molecule has 1 aromatic heterocycles. The number of hydrogen-bond donors (Lipinski definition) is 1. The number of fused-ring (bicyclic) bond motifs is 1. The van der Waals surface area contributed by atoms with Crippen LogP contribution in [0.15, 0.2) is 48.5 Å². The fourth-order valence-corrected chi connectivity index (χ4v) is 2.61. The van der Waals surface area contributed by atoms with E-state index >= 15 is 0 Å². The molecule has 2 aromatic carbocycles. The van der Waals surface area contributed by atoms with E-state index in [1.165, 1.54) is 6.07 Å². The minimum absolute atomic E-state index is 0.0630. The maximum absolute atomic E-state index is 13.8. The molecule has 4 heteroatoms. The van der Waals surface area contributed by atoms with Crippen molar-refractivity contribution >= 4 is 10.9 Å².